The molecule has 230 valence electrons. The van der Waals surface area contributed by atoms with E-state index in [1.165, 1.54) is 0 Å². The van der Waals surface area contributed by atoms with Gasteiger partial charge in [0.1, 0.15) is 6.07 Å². The minimum atomic E-state index is 0.545. The third-order valence-electron chi connectivity index (χ3n) is 9.64. The number of fused-ring (bicyclic) bond motifs is 6. The molecule has 0 aliphatic heterocycles. The normalized spacial score (nSPS) is 11.1. The summed E-state index contributed by atoms with van der Waals surface area (Å²) in [6.45, 7) is 0. The third-order valence-corrected chi connectivity index (χ3v) is 9.64. The van der Waals surface area contributed by atoms with Gasteiger partial charge in [-0.05, 0) is 77.4 Å². The third kappa shape index (κ3) is 4.31. The van der Waals surface area contributed by atoms with Gasteiger partial charge in [0.25, 0.3) is 0 Å². The van der Waals surface area contributed by atoms with Gasteiger partial charge in [0, 0.05) is 27.1 Å². The van der Waals surface area contributed by atoms with Gasteiger partial charge in [0.15, 0.2) is 0 Å². The smallest absolute Gasteiger partial charge is 0.101 e. The van der Waals surface area contributed by atoms with E-state index in [9.17, 15) is 15.8 Å². The Kier molecular flexibility index (Phi) is 6.56. The molecule has 0 saturated heterocycles. The molecular weight excluding hydrogens is 611 g/mol. The number of rotatable bonds is 4. The summed E-state index contributed by atoms with van der Waals surface area (Å²) in [4.78, 5) is 0. The molecule has 0 amide bonds. The van der Waals surface area contributed by atoms with Crippen molar-refractivity contribution in [3.8, 4) is 51.8 Å². The molecule has 7 aromatic carbocycles. The molecule has 9 rings (SSSR count). The monoisotopic (exact) mass is 635 g/mol. The lowest BCUT2D eigenvalue weighted by atomic mass is 9.92. The van der Waals surface area contributed by atoms with Crippen LogP contribution in [-0.2, 0) is 0 Å². The SMILES string of the molecule is N#Cc1ccc2c(c1)c1ccccc1n2-c1ccc(-c2ccccc2-c2ccccc2-n2c3ccccc3c3ccc(C#N)cc32)cc1C#N. The number of nitrogens with zero attached hydrogens (tertiary/aromatic N) is 5. The largest absolute Gasteiger partial charge is 0.309 e. The van der Waals surface area contributed by atoms with Crippen molar-refractivity contribution in [1.82, 2.24) is 9.13 Å². The minimum absolute atomic E-state index is 0.545. The van der Waals surface area contributed by atoms with Crippen molar-refractivity contribution in [1.29, 1.82) is 15.8 Å². The number of benzene rings is 7. The van der Waals surface area contributed by atoms with Crippen molar-refractivity contribution in [2.45, 2.75) is 0 Å². The summed E-state index contributed by atoms with van der Waals surface area (Å²) >= 11 is 0. The molecule has 0 atom stereocenters. The van der Waals surface area contributed by atoms with Crippen LogP contribution in [0.2, 0.25) is 0 Å². The Morgan fingerprint density at radius 2 is 0.920 bits per heavy atom. The molecule has 0 unspecified atom stereocenters. The Morgan fingerprint density at radius 3 is 1.66 bits per heavy atom. The van der Waals surface area contributed by atoms with Gasteiger partial charge in [-0.25, -0.2) is 0 Å². The summed E-state index contributed by atoms with van der Waals surface area (Å²) in [5.74, 6) is 0. The Balaban J connectivity index is 1.25. The lowest BCUT2D eigenvalue weighted by molar-refractivity contribution is 1.17. The van der Waals surface area contributed by atoms with Crippen LogP contribution in [0.15, 0.2) is 152 Å². The number of nitriles is 3. The molecule has 0 radical (unpaired) electrons. The molecule has 5 nitrogen and oxygen atoms in total. The zero-order valence-electron chi connectivity index (χ0n) is 26.7. The summed E-state index contributed by atoms with van der Waals surface area (Å²) in [5.41, 5.74) is 11.5. The molecule has 0 saturated carbocycles. The van der Waals surface area contributed by atoms with E-state index in [0.29, 0.717) is 16.7 Å². The fourth-order valence-electron chi connectivity index (χ4n) is 7.46. The van der Waals surface area contributed by atoms with Gasteiger partial charge < -0.3 is 9.13 Å². The van der Waals surface area contributed by atoms with E-state index in [1.54, 1.807) is 0 Å². The summed E-state index contributed by atoms with van der Waals surface area (Å²) in [6, 6.07) is 57.8. The minimum Gasteiger partial charge on any atom is -0.309 e. The Bertz CT molecular complexity index is 2970. The first-order valence-corrected chi connectivity index (χ1v) is 16.3. The fraction of sp³-hybridized carbons (Fsp3) is 0. The van der Waals surface area contributed by atoms with Gasteiger partial charge in [-0.15, -0.1) is 0 Å². The topological polar surface area (TPSA) is 81.2 Å². The van der Waals surface area contributed by atoms with E-state index in [1.807, 2.05) is 97.1 Å². The predicted octanol–water partition coefficient (Wildman–Crippen LogP) is 10.8. The standard InChI is InChI=1S/C45H25N5/c46-26-29-18-21-44-39(23-29)37-13-5-8-16-43(37)49(44)40-22-19-31(25-32(40)28-48)33-9-1-2-10-34(33)35-11-3-6-14-41(35)50-42-15-7-4-12-36(42)38-20-17-30(27-47)24-45(38)50/h1-25H. The second-order valence-electron chi connectivity index (χ2n) is 12.3. The maximum atomic E-state index is 10.6. The average molecular weight is 636 g/mol. The van der Waals surface area contributed by atoms with Crippen molar-refractivity contribution in [2.24, 2.45) is 0 Å². The van der Waals surface area contributed by atoms with Gasteiger partial charge in [0.05, 0.1) is 62.3 Å². The maximum Gasteiger partial charge on any atom is 0.101 e. The van der Waals surface area contributed by atoms with Crippen molar-refractivity contribution < 1.29 is 0 Å². The summed E-state index contributed by atoms with van der Waals surface area (Å²) < 4.78 is 4.37. The lowest BCUT2D eigenvalue weighted by Gasteiger charge is -2.18. The first kappa shape index (κ1) is 28.8. The van der Waals surface area contributed by atoms with Crippen LogP contribution in [0.4, 0.5) is 0 Å². The van der Waals surface area contributed by atoms with Gasteiger partial charge in [-0.2, -0.15) is 15.8 Å². The number of hydrogen-bond acceptors (Lipinski definition) is 3. The Morgan fingerprint density at radius 1 is 0.360 bits per heavy atom. The predicted molar refractivity (Wildman–Crippen MR) is 200 cm³/mol. The van der Waals surface area contributed by atoms with Crippen LogP contribution in [0.25, 0.3) is 77.2 Å². The van der Waals surface area contributed by atoms with E-state index in [2.05, 4.69) is 81.9 Å². The highest BCUT2D eigenvalue weighted by atomic mass is 15.0. The first-order chi connectivity index (χ1) is 24.7. The Hall–Kier alpha value is -7.39. The second kappa shape index (κ2) is 11.4. The molecule has 0 aliphatic carbocycles. The van der Waals surface area contributed by atoms with Crippen LogP contribution in [0, 0.1) is 34.0 Å². The fourth-order valence-corrected chi connectivity index (χ4v) is 7.46. The summed E-state index contributed by atoms with van der Waals surface area (Å²) in [7, 11) is 0. The second-order valence-corrected chi connectivity index (χ2v) is 12.3. The molecule has 0 bridgehead atoms. The van der Waals surface area contributed by atoms with E-state index in [0.717, 1.165) is 77.2 Å². The first-order valence-electron chi connectivity index (χ1n) is 16.3. The molecule has 2 aromatic heterocycles. The molecule has 0 aliphatic rings. The van der Waals surface area contributed by atoms with Gasteiger partial charge in [-0.3, -0.25) is 0 Å². The Labute approximate surface area is 287 Å². The highest BCUT2D eigenvalue weighted by Crippen LogP contribution is 2.41. The maximum absolute atomic E-state index is 10.6. The van der Waals surface area contributed by atoms with Crippen molar-refractivity contribution >= 4 is 43.6 Å². The highest BCUT2D eigenvalue weighted by molar-refractivity contribution is 6.11. The van der Waals surface area contributed by atoms with E-state index >= 15 is 0 Å². The highest BCUT2D eigenvalue weighted by Gasteiger charge is 2.20. The van der Waals surface area contributed by atoms with Gasteiger partial charge >= 0.3 is 0 Å². The molecule has 50 heavy (non-hydrogen) atoms. The van der Waals surface area contributed by atoms with E-state index < -0.39 is 0 Å². The molecule has 0 spiro atoms. The molecule has 5 heteroatoms. The lowest BCUT2D eigenvalue weighted by Crippen LogP contribution is -1.99. The van der Waals surface area contributed by atoms with E-state index in [4.69, 9.17) is 0 Å². The van der Waals surface area contributed by atoms with Crippen LogP contribution in [0.3, 0.4) is 0 Å². The van der Waals surface area contributed by atoms with Crippen LogP contribution in [0.5, 0.6) is 0 Å². The number of hydrogen-bond donors (Lipinski definition) is 0. The molecular formula is C45H25N5. The molecule has 9 aromatic rings. The summed E-state index contributed by atoms with van der Waals surface area (Å²) in [6.07, 6.45) is 0. The van der Waals surface area contributed by atoms with Gasteiger partial charge in [-0.1, -0.05) is 91.0 Å². The molecule has 0 fully saturated rings. The van der Waals surface area contributed by atoms with E-state index in [-0.39, 0.29) is 0 Å². The van der Waals surface area contributed by atoms with Crippen LogP contribution in [0.1, 0.15) is 16.7 Å². The molecule has 0 N–H and O–H groups in total. The zero-order chi connectivity index (χ0) is 33.8. The summed E-state index contributed by atoms with van der Waals surface area (Å²) in [5, 5.41) is 34.2. The number of para-hydroxylation sites is 3. The van der Waals surface area contributed by atoms with Crippen molar-refractivity contribution in [2.75, 3.05) is 0 Å². The van der Waals surface area contributed by atoms with Crippen molar-refractivity contribution in [3.05, 3.63) is 168 Å². The molecule has 2 heterocycles. The van der Waals surface area contributed by atoms with Crippen LogP contribution < -0.4 is 0 Å². The van der Waals surface area contributed by atoms with Gasteiger partial charge in [0.2, 0.25) is 0 Å². The van der Waals surface area contributed by atoms with Crippen LogP contribution >= 0.6 is 0 Å². The average Bonchev–Trinajstić information content (AvgIpc) is 3.69. The zero-order valence-corrected chi connectivity index (χ0v) is 26.7. The number of aromatic nitrogens is 2. The quantitative estimate of drug-likeness (QED) is 0.193. The van der Waals surface area contributed by atoms with Crippen molar-refractivity contribution in [3.63, 3.8) is 0 Å². The van der Waals surface area contributed by atoms with Crippen LogP contribution in [-0.4, -0.2) is 9.13 Å².